The van der Waals surface area contributed by atoms with E-state index in [1.165, 1.54) is 12.1 Å². The lowest BCUT2D eigenvalue weighted by Gasteiger charge is -2.14. The Morgan fingerprint density at radius 1 is 1.28 bits per heavy atom. The predicted octanol–water partition coefficient (Wildman–Crippen LogP) is 2.30. The minimum atomic E-state index is -0.329. The quantitative estimate of drug-likeness (QED) is 0.883. The van der Waals surface area contributed by atoms with Crippen molar-refractivity contribution >= 4 is 0 Å². The van der Waals surface area contributed by atoms with E-state index in [1.54, 1.807) is 31.3 Å². The van der Waals surface area contributed by atoms with Gasteiger partial charge >= 0.3 is 0 Å². The molecule has 1 unspecified atom stereocenters. The number of pyridine rings is 1. The van der Waals surface area contributed by atoms with Gasteiger partial charge in [-0.3, -0.25) is 4.79 Å². The molecule has 1 atom stereocenters. The molecular formula is C14H15FN2O. The van der Waals surface area contributed by atoms with Crippen LogP contribution in [0.2, 0.25) is 0 Å². The fourth-order valence-corrected chi connectivity index (χ4v) is 1.87. The van der Waals surface area contributed by atoms with Crippen LogP contribution in [0.25, 0.3) is 5.69 Å². The molecule has 4 heteroatoms. The molecule has 0 saturated carbocycles. The van der Waals surface area contributed by atoms with Gasteiger partial charge in [-0.1, -0.05) is 0 Å². The van der Waals surface area contributed by atoms with Crippen molar-refractivity contribution < 1.29 is 4.39 Å². The molecule has 2 aromatic rings. The maximum absolute atomic E-state index is 12.9. The maximum atomic E-state index is 12.9. The predicted molar refractivity (Wildman–Crippen MR) is 69.3 cm³/mol. The van der Waals surface area contributed by atoms with Gasteiger partial charge in [0.25, 0.3) is 0 Å². The zero-order chi connectivity index (χ0) is 13.3. The zero-order valence-electron chi connectivity index (χ0n) is 10.4. The van der Waals surface area contributed by atoms with Crippen LogP contribution in [0.4, 0.5) is 4.39 Å². The van der Waals surface area contributed by atoms with Gasteiger partial charge in [0.2, 0.25) is 0 Å². The Labute approximate surface area is 105 Å². The lowest BCUT2D eigenvalue weighted by molar-refractivity contribution is 0.627. The van der Waals surface area contributed by atoms with E-state index < -0.39 is 0 Å². The summed E-state index contributed by atoms with van der Waals surface area (Å²) in [5.41, 5.74) is 7.83. The first-order valence-corrected chi connectivity index (χ1v) is 5.74. The fourth-order valence-electron chi connectivity index (χ4n) is 1.87. The average Bonchev–Trinajstić information content (AvgIpc) is 2.30. The van der Waals surface area contributed by atoms with E-state index in [2.05, 4.69) is 0 Å². The summed E-state index contributed by atoms with van der Waals surface area (Å²) in [5.74, 6) is -0.287. The SMILES string of the molecule is Cc1cc(=O)c(C(C)N)cn1-c1ccc(F)cc1. The summed E-state index contributed by atoms with van der Waals surface area (Å²) in [4.78, 5) is 11.8. The summed E-state index contributed by atoms with van der Waals surface area (Å²) in [7, 11) is 0. The van der Waals surface area contributed by atoms with Crippen LogP contribution >= 0.6 is 0 Å². The van der Waals surface area contributed by atoms with Crippen LogP contribution in [-0.4, -0.2) is 4.57 Å². The topological polar surface area (TPSA) is 48.0 Å². The van der Waals surface area contributed by atoms with Crippen LogP contribution < -0.4 is 11.2 Å². The third-order valence-corrected chi connectivity index (χ3v) is 2.87. The molecule has 1 aromatic carbocycles. The number of rotatable bonds is 2. The van der Waals surface area contributed by atoms with Gasteiger partial charge in [0.15, 0.2) is 5.43 Å². The van der Waals surface area contributed by atoms with Crippen molar-refractivity contribution in [3.05, 3.63) is 63.8 Å². The Kier molecular flexibility index (Phi) is 3.30. The molecule has 1 heterocycles. The van der Waals surface area contributed by atoms with Crippen LogP contribution in [0, 0.1) is 12.7 Å². The van der Waals surface area contributed by atoms with Gasteiger partial charge in [-0.15, -0.1) is 0 Å². The van der Waals surface area contributed by atoms with E-state index in [1.807, 2.05) is 11.5 Å². The van der Waals surface area contributed by atoms with Gasteiger partial charge in [-0.25, -0.2) is 4.39 Å². The molecule has 0 amide bonds. The standard InChI is InChI=1S/C14H15FN2O/c1-9-7-14(18)13(10(2)16)8-17(9)12-5-3-11(15)4-6-12/h3-8,10H,16H2,1-2H3. The summed E-state index contributed by atoms with van der Waals surface area (Å²) < 4.78 is 14.7. The second-order valence-corrected chi connectivity index (χ2v) is 4.37. The summed E-state index contributed by atoms with van der Waals surface area (Å²) in [6.45, 7) is 3.59. The third kappa shape index (κ3) is 2.33. The zero-order valence-corrected chi connectivity index (χ0v) is 10.4. The number of halogens is 1. The van der Waals surface area contributed by atoms with Crippen molar-refractivity contribution in [3.8, 4) is 5.69 Å². The van der Waals surface area contributed by atoms with E-state index in [0.29, 0.717) is 5.56 Å². The molecule has 0 aliphatic heterocycles. The highest BCUT2D eigenvalue weighted by Gasteiger charge is 2.08. The lowest BCUT2D eigenvalue weighted by Crippen LogP contribution is -2.20. The normalized spacial score (nSPS) is 12.4. The van der Waals surface area contributed by atoms with Crippen molar-refractivity contribution in [1.29, 1.82) is 0 Å². The number of benzene rings is 1. The number of hydrogen-bond acceptors (Lipinski definition) is 2. The van der Waals surface area contributed by atoms with Gasteiger partial charge in [-0.2, -0.15) is 0 Å². The Hall–Kier alpha value is -1.94. The molecule has 0 saturated heterocycles. The molecular weight excluding hydrogens is 231 g/mol. The minimum absolute atomic E-state index is 0.0686. The Morgan fingerprint density at radius 3 is 2.44 bits per heavy atom. The number of nitrogens with two attached hydrogens (primary N) is 1. The second kappa shape index (κ2) is 4.74. The minimum Gasteiger partial charge on any atom is -0.324 e. The van der Waals surface area contributed by atoms with E-state index in [0.717, 1.165) is 11.4 Å². The van der Waals surface area contributed by atoms with Crippen LogP contribution in [0.5, 0.6) is 0 Å². The van der Waals surface area contributed by atoms with Crippen LogP contribution in [-0.2, 0) is 0 Å². The average molecular weight is 246 g/mol. The van der Waals surface area contributed by atoms with Crippen LogP contribution in [0.3, 0.4) is 0 Å². The van der Waals surface area contributed by atoms with Crippen molar-refractivity contribution in [3.63, 3.8) is 0 Å². The number of aromatic nitrogens is 1. The van der Waals surface area contributed by atoms with Gasteiger partial charge in [-0.05, 0) is 38.1 Å². The first-order chi connectivity index (χ1) is 8.49. The van der Waals surface area contributed by atoms with E-state index in [4.69, 9.17) is 5.73 Å². The van der Waals surface area contributed by atoms with Crippen LogP contribution in [0.1, 0.15) is 24.2 Å². The molecule has 0 aliphatic carbocycles. The highest BCUT2D eigenvalue weighted by Crippen LogP contribution is 2.14. The molecule has 94 valence electrons. The van der Waals surface area contributed by atoms with E-state index in [9.17, 15) is 9.18 Å². The molecule has 2 N–H and O–H groups in total. The smallest absolute Gasteiger partial charge is 0.186 e. The highest BCUT2D eigenvalue weighted by atomic mass is 19.1. The Morgan fingerprint density at radius 2 is 1.89 bits per heavy atom. The van der Waals surface area contributed by atoms with Crippen molar-refractivity contribution in [2.75, 3.05) is 0 Å². The number of aryl methyl sites for hydroxylation is 1. The molecule has 2 rings (SSSR count). The maximum Gasteiger partial charge on any atom is 0.186 e. The van der Waals surface area contributed by atoms with Gasteiger partial charge in [0.1, 0.15) is 5.82 Å². The summed E-state index contributed by atoms with van der Waals surface area (Å²) in [6.07, 6.45) is 1.72. The molecule has 1 aromatic heterocycles. The van der Waals surface area contributed by atoms with Gasteiger partial charge in [0, 0.05) is 35.2 Å². The second-order valence-electron chi connectivity index (χ2n) is 4.37. The van der Waals surface area contributed by atoms with Crippen molar-refractivity contribution in [2.24, 2.45) is 5.73 Å². The largest absolute Gasteiger partial charge is 0.324 e. The molecule has 0 spiro atoms. The Balaban J connectivity index is 2.60. The van der Waals surface area contributed by atoms with E-state index in [-0.39, 0.29) is 17.3 Å². The summed E-state index contributed by atoms with van der Waals surface area (Å²) >= 11 is 0. The summed E-state index contributed by atoms with van der Waals surface area (Å²) in [6, 6.07) is 7.32. The lowest BCUT2D eigenvalue weighted by atomic mass is 10.1. The molecule has 0 aliphatic rings. The fraction of sp³-hybridized carbons (Fsp3) is 0.214. The third-order valence-electron chi connectivity index (χ3n) is 2.87. The number of nitrogens with zero attached hydrogens (tertiary/aromatic N) is 1. The molecule has 18 heavy (non-hydrogen) atoms. The van der Waals surface area contributed by atoms with Gasteiger partial charge in [0.05, 0.1) is 0 Å². The first kappa shape index (κ1) is 12.5. The van der Waals surface area contributed by atoms with Crippen LogP contribution in [0.15, 0.2) is 41.3 Å². The highest BCUT2D eigenvalue weighted by molar-refractivity contribution is 5.36. The molecule has 0 radical (unpaired) electrons. The molecule has 0 fully saturated rings. The van der Waals surface area contributed by atoms with Crippen molar-refractivity contribution in [2.45, 2.75) is 19.9 Å². The Bertz CT molecular complexity index is 615. The van der Waals surface area contributed by atoms with E-state index >= 15 is 0 Å². The van der Waals surface area contributed by atoms with Crippen molar-refractivity contribution in [1.82, 2.24) is 4.57 Å². The monoisotopic (exact) mass is 246 g/mol. The summed E-state index contributed by atoms with van der Waals surface area (Å²) in [5, 5.41) is 0. The van der Waals surface area contributed by atoms with Gasteiger partial charge < -0.3 is 10.3 Å². The first-order valence-electron chi connectivity index (χ1n) is 5.74. The number of hydrogen-bond donors (Lipinski definition) is 1. The molecule has 3 nitrogen and oxygen atoms in total. The molecule has 0 bridgehead atoms.